The summed E-state index contributed by atoms with van der Waals surface area (Å²) in [6.45, 7) is 2.30. The van der Waals surface area contributed by atoms with E-state index in [0.29, 0.717) is 22.9 Å². The lowest BCUT2D eigenvalue weighted by Gasteiger charge is -2.17. The van der Waals surface area contributed by atoms with Crippen molar-refractivity contribution in [2.24, 2.45) is 0 Å². The average molecular weight is 396 g/mol. The molecule has 0 aliphatic heterocycles. The van der Waals surface area contributed by atoms with E-state index in [4.69, 9.17) is 21.1 Å². The highest BCUT2D eigenvalue weighted by atomic mass is 35.5. The van der Waals surface area contributed by atoms with Gasteiger partial charge in [0.25, 0.3) is 5.91 Å². The summed E-state index contributed by atoms with van der Waals surface area (Å²) in [6, 6.07) is 22.3. The number of carbonyl (C=O) groups is 1. The monoisotopic (exact) mass is 395 g/mol. The summed E-state index contributed by atoms with van der Waals surface area (Å²) in [7, 11) is 1.62. The zero-order valence-corrected chi connectivity index (χ0v) is 16.6. The largest absolute Gasteiger partial charge is 0.497 e. The number of hydrogen-bond acceptors (Lipinski definition) is 3. The zero-order chi connectivity index (χ0) is 19.9. The van der Waals surface area contributed by atoms with Gasteiger partial charge in [-0.1, -0.05) is 54.1 Å². The number of halogens is 1. The standard InChI is InChI=1S/C23H22ClNO3/c1-16(18-8-11-20(27-2)12-9-18)25-23(26)21-14-19(24)10-13-22(21)28-15-17-6-4-3-5-7-17/h3-14,16H,15H2,1-2H3,(H,25,26)/t16-/m0/s1. The van der Waals surface area contributed by atoms with Crippen LogP contribution in [0.15, 0.2) is 72.8 Å². The Kier molecular flexibility index (Phi) is 6.56. The molecule has 1 N–H and O–H groups in total. The van der Waals surface area contributed by atoms with Gasteiger partial charge in [0.15, 0.2) is 0 Å². The Morgan fingerprint density at radius 3 is 2.43 bits per heavy atom. The molecule has 5 heteroatoms. The van der Waals surface area contributed by atoms with Crippen LogP contribution in [0, 0.1) is 0 Å². The third-order valence-electron chi connectivity index (χ3n) is 4.39. The predicted molar refractivity (Wildman–Crippen MR) is 111 cm³/mol. The van der Waals surface area contributed by atoms with Crippen LogP contribution in [0.1, 0.15) is 34.5 Å². The molecule has 144 valence electrons. The summed E-state index contributed by atoms with van der Waals surface area (Å²) >= 11 is 6.12. The summed E-state index contributed by atoms with van der Waals surface area (Å²) in [5.41, 5.74) is 2.40. The Morgan fingerprint density at radius 2 is 1.75 bits per heavy atom. The minimum absolute atomic E-state index is 0.181. The molecule has 3 rings (SSSR count). The highest BCUT2D eigenvalue weighted by Gasteiger charge is 2.17. The fraction of sp³-hybridized carbons (Fsp3) is 0.174. The van der Waals surface area contributed by atoms with Crippen molar-refractivity contribution < 1.29 is 14.3 Å². The summed E-state index contributed by atoms with van der Waals surface area (Å²) in [5.74, 6) is 1.02. The molecule has 0 radical (unpaired) electrons. The smallest absolute Gasteiger partial charge is 0.255 e. The SMILES string of the molecule is COc1ccc([C@H](C)NC(=O)c2cc(Cl)ccc2OCc2ccccc2)cc1. The van der Waals surface area contributed by atoms with E-state index in [1.54, 1.807) is 25.3 Å². The maximum absolute atomic E-state index is 12.9. The normalized spacial score (nSPS) is 11.5. The van der Waals surface area contributed by atoms with E-state index in [9.17, 15) is 4.79 Å². The molecule has 1 atom stereocenters. The van der Waals surface area contributed by atoms with Gasteiger partial charge in [0.1, 0.15) is 18.1 Å². The maximum Gasteiger partial charge on any atom is 0.255 e. The Balaban J connectivity index is 1.73. The highest BCUT2D eigenvalue weighted by Crippen LogP contribution is 2.25. The molecular formula is C23H22ClNO3. The van der Waals surface area contributed by atoms with Gasteiger partial charge in [-0.2, -0.15) is 0 Å². The molecule has 0 saturated carbocycles. The molecule has 0 aliphatic carbocycles. The van der Waals surface area contributed by atoms with Crippen LogP contribution in [0.2, 0.25) is 5.02 Å². The summed E-state index contributed by atoms with van der Waals surface area (Å²) in [5, 5.41) is 3.48. The first-order valence-corrected chi connectivity index (χ1v) is 9.35. The molecule has 4 nitrogen and oxygen atoms in total. The average Bonchev–Trinajstić information content (AvgIpc) is 2.73. The van der Waals surface area contributed by atoms with Gasteiger partial charge in [0.05, 0.1) is 18.7 Å². The van der Waals surface area contributed by atoms with Crippen molar-refractivity contribution in [3.05, 3.63) is 94.5 Å². The Bertz CT molecular complexity index is 926. The fourth-order valence-corrected chi connectivity index (χ4v) is 2.96. The fourth-order valence-electron chi connectivity index (χ4n) is 2.79. The van der Waals surface area contributed by atoms with Crippen LogP contribution in [-0.4, -0.2) is 13.0 Å². The quantitative estimate of drug-likeness (QED) is 0.581. The first-order valence-electron chi connectivity index (χ1n) is 8.98. The molecule has 28 heavy (non-hydrogen) atoms. The number of rotatable bonds is 7. The van der Waals surface area contributed by atoms with Gasteiger partial charge < -0.3 is 14.8 Å². The Labute approximate surface area is 170 Å². The van der Waals surface area contributed by atoms with E-state index in [1.807, 2.05) is 61.5 Å². The second-order valence-corrected chi connectivity index (χ2v) is 6.82. The minimum Gasteiger partial charge on any atom is -0.497 e. The zero-order valence-electron chi connectivity index (χ0n) is 15.8. The topological polar surface area (TPSA) is 47.6 Å². The van der Waals surface area contributed by atoms with Gasteiger partial charge in [-0.25, -0.2) is 0 Å². The number of carbonyl (C=O) groups excluding carboxylic acids is 1. The van der Waals surface area contributed by atoms with Crippen LogP contribution in [0.5, 0.6) is 11.5 Å². The van der Waals surface area contributed by atoms with Crippen LogP contribution in [0.25, 0.3) is 0 Å². The molecule has 0 heterocycles. The Hall–Kier alpha value is -2.98. The lowest BCUT2D eigenvalue weighted by Crippen LogP contribution is -2.27. The van der Waals surface area contributed by atoms with E-state index in [1.165, 1.54) is 0 Å². The lowest BCUT2D eigenvalue weighted by molar-refractivity contribution is 0.0935. The molecule has 3 aromatic rings. The summed E-state index contributed by atoms with van der Waals surface area (Å²) in [6.07, 6.45) is 0. The van der Waals surface area contributed by atoms with Crippen LogP contribution >= 0.6 is 11.6 Å². The van der Waals surface area contributed by atoms with Crippen molar-refractivity contribution in [3.8, 4) is 11.5 Å². The van der Waals surface area contributed by atoms with Gasteiger partial charge >= 0.3 is 0 Å². The summed E-state index contributed by atoms with van der Waals surface area (Å²) < 4.78 is 11.1. The number of nitrogens with one attached hydrogen (secondary N) is 1. The van der Waals surface area contributed by atoms with E-state index in [0.717, 1.165) is 16.9 Å². The van der Waals surface area contributed by atoms with Crippen molar-refractivity contribution in [3.63, 3.8) is 0 Å². The molecule has 3 aromatic carbocycles. The molecule has 0 spiro atoms. The van der Waals surface area contributed by atoms with Gasteiger partial charge in [-0.15, -0.1) is 0 Å². The van der Waals surface area contributed by atoms with Gasteiger partial charge in [-0.05, 0) is 48.4 Å². The van der Waals surface area contributed by atoms with Crippen molar-refractivity contribution in [1.29, 1.82) is 0 Å². The molecule has 0 bridgehead atoms. The van der Waals surface area contributed by atoms with Crippen LogP contribution in [-0.2, 0) is 6.61 Å². The van der Waals surface area contributed by atoms with Crippen molar-refractivity contribution in [2.75, 3.05) is 7.11 Å². The van der Waals surface area contributed by atoms with E-state index in [2.05, 4.69) is 5.32 Å². The van der Waals surface area contributed by atoms with Crippen molar-refractivity contribution >= 4 is 17.5 Å². The lowest BCUT2D eigenvalue weighted by atomic mass is 10.1. The molecular weight excluding hydrogens is 374 g/mol. The Morgan fingerprint density at radius 1 is 1.04 bits per heavy atom. The summed E-state index contributed by atoms with van der Waals surface area (Å²) in [4.78, 5) is 12.9. The van der Waals surface area contributed by atoms with E-state index >= 15 is 0 Å². The minimum atomic E-state index is -0.242. The number of benzene rings is 3. The van der Waals surface area contributed by atoms with Crippen LogP contribution in [0.4, 0.5) is 0 Å². The first kappa shape index (κ1) is 19.8. The number of ether oxygens (including phenoxy) is 2. The molecule has 0 saturated heterocycles. The first-order chi connectivity index (χ1) is 13.6. The molecule has 0 aromatic heterocycles. The molecule has 0 unspecified atom stereocenters. The maximum atomic E-state index is 12.9. The molecule has 0 aliphatic rings. The number of amides is 1. The van der Waals surface area contributed by atoms with Gasteiger partial charge in [0.2, 0.25) is 0 Å². The van der Waals surface area contributed by atoms with Gasteiger partial charge in [-0.3, -0.25) is 4.79 Å². The van der Waals surface area contributed by atoms with Gasteiger partial charge in [0, 0.05) is 5.02 Å². The predicted octanol–water partition coefficient (Wildman–Crippen LogP) is 5.42. The second-order valence-electron chi connectivity index (χ2n) is 6.38. The number of hydrogen-bond donors (Lipinski definition) is 1. The third kappa shape index (κ3) is 5.05. The molecule has 1 amide bonds. The second kappa shape index (κ2) is 9.29. The highest BCUT2D eigenvalue weighted by molar-refractivity contribution is 6.31. The molecule has 0 fully saturated rings. The van der Waals surface area contributed by atoms with Crippen LogP contribution < -0.4 is 14.8 Å². The third-order valence-corrected chi connectivity index (χ3v) is 4.62. The van der Waals surface area contributed by atoms with Crippen molar-refractivity contribution in [2.45, 2.75) is 19.6 Å². The van der Waals surface area contributed by atoms with E-state index in [-0.39, 0.29) is 11.9 Å². The van der Waals surface area contributed by atoms with Crippen LogP contribution in [0.3, 0.4) is 0 Å². The van der Waals surface area contributed by atoms with E-state index < -0.39 is 0 Å². The van der Waals surface area contributed by atoms with Crippen molar-refractivity contribution in [1.82, 2.24) is 5.32 Å². The number of methoxy groups -OCH3 is 1.